The molecule has 8 aromatic rings. The molecule has 0 unspecified atom stereocenters. The SMILES string of the molecule is c1ccc(C(=C(c2ccccc2)c2cc(-c3ccccc3)c(-c3ccccc3)c(-c3ccccc3)c2-c2ccccc2)c2ccccc2)cc1. The molecule has 236 valence electrons. The van der Waals surface area contributed by atoms with Crippen LogP contribution in [0.15, 0.2) is 218 Å². The molecule has 0 spiro atoms. The smallest absolute Gasteiger partial charge is 0.00143 e. The highest BCUT2D eigenvalue weighted by molar-refractivity contribution is 6.13. The second-order valence-electron chi connectivity index (χ2n) is 12.4. The van der Waals surface area contributed by atoms with Crippen LogP contribution in [0.25, 0.3) is 55.7 Å². The molecule has 8 aromatic carbocycles. The minimum Gasteiger partial charge on any atom is -0.0622 e. The number of rotatable bonds is 8. The van der Waals surface area contributed by atoms with Crippen molar-refractivity contribution in [2.45, 2.75) is 0 Å². The summed E-state index contributed by atoms with van der Waals surface area (Å²) in [4.78, 5) is 0. The van der Waals surface area contributed by atoms with Gasteiger partial charge in [-0.2, -0.15) is 0 Å². The Labute approximate surface area is 295 Å². The summed E-state index contributed by atoms with van der Waals surface area (Å²) in [5, 5.41) is 0. The van der Waals surface area contributed by atoms with Gasteiger partial charge in [0.2, 0.25) is 0 Å². The zero-order valence-corrected chi connectivity index (χ0v) is 27.8. The molecule has 0 fully saturated rings. The maximum atomic E-state index is 2.46. The molecular formula is C50H36. The summed E-state index contributed by atoms with van der Waals surface area (Å²) < 4.78 is 0. The van der Waals surface area contributed by atoms with Crippen molar-refractivity contribution < 1.29 is 0 Å². The summed E-state index contributed by atoms with van der Waals surface area (Å²) in [5.41, 5.74) is 16.6. The van der Waals surface area contributed by atoms with Crippen LogP contribution in [0.3, 0.4) is 0 Å². The topological polar surface area (TPSA) is 0 Å². The summed E-state index contributed by atoms with van der Waals surface area (Å²) in [5.74, 6) is 0. The van der Waals surface area contributed by atoms with Crippen LogP contribution in [0.4, 0.5) is 0 Å². The summed E-state index contributed by atoms with van der Waals surface area (Å²) in [6.07, 6.45) is 0. The van der Waals surface area contributed by atoms with Crippen LogP contribution >= 0.6 is 0 Å². The first-order valence-corrected chi connectivity index (χ1v) is 17.2. The van der Waals surface area contributed by atoms with Crippen molar-refractivity contribution in [1.29, 1.82) is 0 Å². The van der Waals surface area contributed by atoms with Crippen LogP contribution in [0, 0.1) is 0 Å². The quantitative estimate of drug-likeness (QED) is 0.146. The third kappa shape index (κ3) is 6.12. The van der Waals surface area contributed by atoms with Crippen molar-refractivity contribution in [3.63, 3.8) is 0 Å². The number of hydrogen-bond donors (Lipinski definition) is 0. The zero-order valence-electron chi connectivity index (χ0n) is 27.8. The Morgan fingerprint density at radius 3 is 0.940 bits per heavy atom. The molecular weight excluding hydrogens is 601 g/mol. The Kier molecular flexibility index (Phi) is 8.82. The highest BCUT2D eigenvalue weighted by Crippen LogP contribution is 2.51. The van der Waals surface area contributed by atoms with Gasteiger partial charge in [-0.05, 0) is 84.0 Å². The van der Waals surface area contributed by atoms with E-state index < -0.39 is 0 Å². The van der Waals surface area contributed by atoms with Crippen molar-refractivity contribution in [2.24, 2.45) is 0 Å². The molecule has 0 N–H and O–H groups in total. The largest absolute Gasteiger partial charge is 0.0622 e. The summed E-state index contributed by atoms with van der Waals surface area (Å²) in [6, 6.07) is 78.7. The Balaban J connectivity index is 1.65. The Morgan fingerprint density at radius 1 is 0.240 bits per heavy atom. The van der Waals surface area contributed by atoms with Gasteiger partial charge in [-0.15, -0.1) is 0 Å². The molecule has 0 heteroatoms. The fourth-order valence-corrected chi connectivity index (χ4v) is 7.13. The Bertz CT molecular complexity index is 2300. The van der Waals surface area contributed by atoms with Crippen molar-refractivity contribution in [3.05, 3.63) is 241 Å². The third-order valence-corrected chi connectivity index (χ3v) is 9.31. The fourth-order valence-electron chi connectivity index (χ4n) is 7.13. The molecule has 0 aliphatic rings. The van der Waals surface area contributed by atoms with E-state index in [9.17, 15) is 0 Å². The van der Waals surface area contributed by atoms with Gasteiger partial charge < -0.3 is 0 Å². The molecule has 50 heavy (non-hydrogen) atoms. The van der Waals surface area contributed by atoms with E-state index in [4.69, 9.17) is 0 Å². The highest BCUT2D eigenvalue weighted by atomic mass is 14.3. The lowest BCUT2D eigenvalue weighted by molar-refractivity contribution is 1.48. The molecule has 0 atom stereocenters. The van der Waals surface area contributed by atoms with Crippen LogP contribution in [-0.4, -0.2) is 0 Å². The van der Waals surface area contributed by atoms with Gasteiger partial charge in [0.05, 0.1) is 0 Å². The summed E-state index contributed by atoms with van der Waals surface area (Å²) in [6.45, 7) is 0. The van der Waals surface area contributed by atoms with Crippen LogP contribution < -0.4 is 0 Å². The van der Waals surface area contributed by atoms with E-state index in [2.05, 4.69) is 218 Å². The molecule has 0 bridgehead atoms. The summed E-state index contributed by atoms with van der Waals surface area (Å²) in [7, 11) is 0. The van der Waals surface area contributed by atoms with Crippen molar-refractivity contribution in [3.8, 4) is 44.5 Å². The molecule has 0 nitrogen and oxygen atoms in total. The van der Waals surface area contributed by atoms with Gasteiger partial charge in [0.1, 0.15) is 0 Å². The van der Waals surface area contributed by atoms with Crippen LogP contribution in [0.5, 0.6) is 0 Å². The van der Waals surface area contributed by atoms with Crippen molar-refractivity contribution in [2.75, 3.05) is 0 Å². The highest BCUT2D eigenvalue weighted by Gasteiger charge is 2.27. The number of benzene rings is 8. The van der Waals surface area contributed by atoms with Gasteiger partial charge in [-0.1, -0.05) is 212 Å². The first-order valence-electron chi connectivity index (χ1n) is 17.2. The van der Waals surface area contributed by atoms with Gasteiger partial charge in [-0.3, -0.25) is 0 Å². The van der Waals surface area contributed by atoms with Gasteiger partial charge in [0.15, 0.2) is 0 Å². The number of hydrogen-bond acceptors (Lipinski definition) is 0. The predicted octanol–water partition coefficient (Wildman–Crippen LogP) is 13.4. The van der Waals surface area contributed by atoms with E-state index in [1.54, 1.807) is 0 Å². The van der Waals surface area contributed by atoms with Crippen LogP contribution in [-0.2, 0) is 0 Å². The average Bonchev–Trinajstić information content (AvgIpc) is 3.21. The third-order valence-electron chi connectivity index (χ3n) is 9.31. The molecule has 0 aliphatic heterocycles. The van der Waals surface area contributed by atoms with Gasteiger partial charge >= 0.3 is 0 Å². The van der Waals surface area contributed by atoms with Gasteiger partial charge in [0.25, 0.3) is 0 Å². The lowest BCUT2D eigenvalue weighted by atomic mass is 9.76. The zero-order chi connectivity index (χ0) is 33.5. The minimum absolute atomic E-state index is 1.16. The monoisotopic (exact) mass is 636 g/mol. The van der Waals surface area contributed by atoms with Crippen molar-refractivity contribution in [1.82, 2.24) is 0 Å². The second-order valence-corrected chi connectivity index (χ2v) is 12.4. The first kappa shape index (κ1) is 30.8. The Hall–Kier alpha value is -6.50. The standard InChI is InChI=1S/C50H36/c1-8-22-37(23-9-1)44-36-45(48(41-30-16-5-17-31-41)46(38-24-10-2-11-25-38)39-26-12-3-13-27-39)49(42-32-18-6-19-33-42)50(43-34-20-7-21-35-43)47(44)40-28-14-4-15-29-40/h1-36H. The molecule has 0 aliphatic carbocycles. The first-order chi connectivity index (χ1) is 24.9. The fraction of sp³-hybridized carbons (Fsp3) is 0. The minimum atomic E-state index is 1.16. The second kappa shape index (κ2) is 14.3. The molecule has 0 amide bonds. The van der Waals surface area contributed by atoms with E-state index in [1.807, 2.05) is 0 Å². The lowest BCUT2D eigenvalue weighted by Gasteiger charge is -2.27. The maximum Gasteiger partial charge on any atom is -0.00143 e. The van der Waals surface area contributed by atoms with E-state index in [-0.39, 0.29) is 0 Å². The Morgan fingerprint density at radius 2 is 0.540 bits per heavy atom. The maximum absolute atomic E-state index is 2.46. The normalized spacial score (nSPS) is 10.8. The predicted molar refractivity (Wildman–Crippen MR) is 213 cm³/mol. The molecule has 0 radical (unpaired) electrons. The van der Waals surface area contributed by atoms with E-state index in [0.29, 0.717) is 0 Å². The van der Waals surface area contributed by atoms with E-state index >= 15 is 0 Å². The summed E-state index contributed by atoms with van der Waals surface area (Å²) >= 11 is 0. The molecule has 0 saturated heterocycles. The molecule has 0 aromatic heterocycles. The molecule has 8 rings (SSSR count). The van der Waals surface area contributed by atoms with Gasteiger partial charge in [-0.25, -0.2) is 0 Å². The molecule has 0 saturated carbocycles. The van der Waals surface area contributed by atoms with Crippen LogP contribution in [0.2, 0.25) is 0 Å². The van der Waals surface area contributed by atoms with Gasteiger partial charge in [0, 0.05) is 0 Å². The molecule has 0 heterocycles. The van der Waals surface area contributed by atoms with E-state index in [1.165, 1.54) is 72.3 Å². The van der Waals surface area contributed by atoms with Crippen LogP contribution in [0.1, 0.15) is 22.3 Å². The average molecular weight is 637 g/mol. The lowest BCUT2D eigenvalue weighted by Crippen LogP contribution is -2.03. The van der Waals surface area contributed by atoms with Crippen molar-refractivity contribution >= 4 is 11.1 Å². The van der Waals surface area contributed by atoms with E-state index in [0.717, 1.165) is 5.56 Å².